The van der Waals surface area contributed by atoms with Crippen molar-refractivity contribution >= 4 is 5.69 Å². The number of nitrogens with one attached hydrogen (secondary N) is 1. The molecule has 0 spiro atoms. The van der Waals surface area contributed by atoms with Crippen LogP contribution in [0.3, 0.4) is 0 Å². The van der Waals surface area contributed by atoms with E-state index in [0.717, 1.165) is 11.3 Å². The van der Waals surface area contributed by atoms with E-state index in [2.05, 4.69) is 5.32 Å². The molecule has 4 rings (SSSR count). The van der Waals surface area contributed by atoms with Crippen LogP contribution in [-0.2, 0) is 20.2 Å². The molecule has 3 saturated heterocycles. The molecule has 0 amide bonds. The van der Waals surface area contributed by atoms with Crippen LogP contribution in [0.1, 0.15) is 5.56 Å². The van der Waals surface area contributed by atoms with Crippen LogP contribution in [-0.4, -0.2) is 26.9 Å². The van der Waals surface area contributed by atoms with E-state index in [4.69, 9.17) is 14.2 Å². The summed E-state index contributed by atoms with van der Waals surface area (Å²) in [5.74, 6) is -0.570. The number of ether oxygens (including phenoxy) is 3. The third-order valence-electron chi connectivity index (χ3n) is 3.05. The van der Waals surface area contributed by atoms with E-state index in [1.165, 1.54) is 0 Å². The van der Waals surface area contributed by atoms with Gasteiger partial charge in [-0.25, -0.2) is 0 Å². The van der Waals surface area contributed by atoms with Gasteiger partial charge in [0.1, 0.15) is 0 Å². The van der Waals surface area contributed by atoms with Crippen LogP contribution in [0.2, 0.25) is 0 Å². The van der Waals surface area contributed by atoms with E-state index in [9.17, 15) is 0 Å². The molecule has 4 heteroatoms. The highest BCUT2D eigenvalue weighted by Crippen LogP contribution is 2.38. The van der Waals surface area contributed by atoms with Gasteiger partial charge in [0.25, 0.3) is 0 Å². The Kier molecular flexibility index (Phi) is 2.35. The molecule has 4 nitrogen and oxygen atoms in total. The minimum Gasteiger partial charge on any atom is -0.388 e. The SMILES string of the molecule is CNc1ccc(C23OCC(CO2)CO3)cc1. The van der Waals surface area contributed by atoms with Gasteiger partial charge in [-0.1, -0.05) is 0 Å². The van der Waals surface area contributed by atoms with Crippen molar-refractivity contribution < 1.29 is 14.2 Å². The maximum atomic E-state index is 5.66. The van der Waals surface area contributed by atoms with Crippen molar-refractivity contribution in [2.45, 2.75) is 5.97 Å². The molecule has 16 heavy (non-hydrogen) atoms. The summed E-state index contributed by atoms with van der Waals surface area (Å²) < 4.78 is 17.0. The largest absolute Gasteiger partial charge is 0.388 e. The Labute approximate surface area is 94.5 Å². The molecule has 0 aliphatic carbocycles. The Bertz CT molecular complexity index is 355. The van der Waals surface area contributed by atoms with Crippen molar-refractivity contribution in [2.24, 2.45) is 5.92 Å². The van der Waals surface area contributed by atoms with Crippen molar-refractivity contribution in [1.82, 2.24) is 0 Å². The molecule has 3 fully saturated rings. The molecular formula is C12H15NO3. The van der Waals surface area contributed by atoms with Crippen molar-refractivity contribution in [3.63, 3.8) is 0 Å². The predicted molar refractivity (Wildman–Crippen MR) is 59.0 cm³/mol. The molecule has 1 aromatic rings. The Morgan fingerprint density at radius 2 is 1.62 bits per heavy atom. The summed E-state index contributed by atoms with van der Waals surface area (Å²) >= 11 is 0. The van der Waals surface area contributed by atoms with Crippen LogP contribution in [0, 0.1) is 5.92 Å². The second-order valence-corrected chi connectivity index (χ2v) is 4.18. The van der Waals surface area contributed by atoms with E-state index in [-0.39, 0.29) is 0 Å². The van der Waals surface area contributed by atoms with Gasteiger partial charge in [0.05, 0.1) is 19.8 Å². The Morgan fingerprint density at radius 1 is 1.06 bits per heavy atom. The van der Waals surface area contributed by atoms with Crippen LogP contribution in [0.5, 0.6) is 0 Å². The number of fused-ring (bicyclic) bond motifs is 3. The normalized spacial score (nSPS) is 32.7. The zero-order valence-corrected chi connectivity index (χ0v) is 9.23. The summed E-state index contributed by atoms with van der Waals surface area (Å²) in [7, 11) is 1.89. The molecule has 1 N–H and O–H groups in total. The fraction of sp³-hybridized carbons (Fsp3) is 0.500. The number of hydrogen-bond donors (Lipinski definition) is 1. The van der Waals surface area contributed by atoms with Crippen LogP contribution < -0.4 is 5.32 Å². The van der Waals surface area contributed by atoms with Gasteiger partial charge in [0.2, 0.25) is 0 Å². The maximum Gasteiger partial charge on any atom is 0.312 e. The fourth-order valence-electron chi connectivity index (χ4n) is 2.04. The van der Waals surface area contributed by atoms with Crippen molar-refractivity contribution in [3.8, 4) is 0 Å². The Balaban J connectivity index is 1.89. The lowest BCUT2D eigenvalue weighted by Crippen LogP contribution is -2.51. The van der Waals surface area contributed by atoms with E-state index in [1.807, 2.05) is 31.3 Å². The van der Waals surface area contributed by atoms with E-state index < -0.39 is 5.97 Å². The lowest BCUT2D eigenvalue weighted by molar-refractivity contribution is -0.460. The molecule has 0 aromatic heterocycles. The minimum atomic E-state index is -0.957. The van der Waals surface area contributed by atoms with Crippen molar-refractivity contribution in [1.29, 1.82) is 0 Å². The van der Waals surface area contributed by atoms with E-state index >= 15 is 0 Å². The summed E-state index contributed by atoms with van der Waals surface area (Å²) in [4.78, 5) is 0. The summed E-state index contributed by atoms with van der Waals surface area (Å²) in [6.45, 7) is 2.15. The van der Waals surface area contributed by atoms with Gasteiger partial charge in [-0.2, -0.15) is 0 Å². The highest BCUT2D eigenvalue weighted by molar-refractivity contribution is 5.44. The van der Waals surface area contributed by atoms with Gasteiger partial charge in [-0.15, -0.1) is 0 Å². The summed E-state index contributed by atoms with van der Waals surface area (Å²) in [5, 5.41) is 3.08. The summed E-state index contributed by atoms with van der Waals surface area (Å²) in [6, 6.07) is 7.91. The topological polar surface area (TPSA) is 39.7 Å². The lowest BCUT2D eigenvalue weighted by atomic mass is 10.1. The Hall–Kier alpha value is -1.10. The van der Waals surface area contributed by atoms with Crippen LogP contribution in [0.15, 0.2) is 24.3 Å². The summed E-state index contributed by atoms with van der Waals surface area (Å²) in [6.07, 6.45) is 0. The average Bonchev–Trinajstić information content (AvgIpc) is 2.41. The number of benzene rings is 1. The first kappa shape index (κ1) is 10.1. The number of rotatable bonds is 2. The zero-order valence-electron chi connectivity index (χ0n) is 9.23. The third kappa shape index (κ3) is 1.50. The Morgan fingerprint density at radius 3 is 2.12 bits per heavy atom. The second-order valence-electron chi connectivity index (χ2n) is 4.18. The molecule has 3 aliphatic heterocycles. The molecule has 1 aromatic carbocycles. The van der Waals surface area contributed by atoms with Gasteiger partial charge >= 0.3 is 5.97 Å². The zero-order chi connectivity index (χ0) is 11.0. The van der Waals surface area contributed by atoms with Crippen LogP contribution >= 0.6 is 0 Å². The first-order chi connectivity index (χ1) is 7.82. The van der Waals surface area contributed by atoms with Gasteiger partial charge < -0.3 is 19.5 Å². The smallest absolute Gasteiger partial charge is 0.312 e. The maximum absolute atomic E-state index is 5.66. The second kappa shape index (κ2) is 3.73. The van der Waals surface area contributed by atoms with Gasteiger partial charge in [-0.3, -0.25) is 0 Å². The minimum absolute atomic E-state index is 0.387. The van der Waals surface area contributed by atoms with Gasteiger partial charge in [-0.05, 0) is 24.3 Å². The molecule has 0 radical (unpaired) electrons. The third-order valence-corrected chi connectivity index (χ3v) is 3.05. The van der Waals surface area contributed by atoms with Crippen LogP contribution in [0.25, 0.3) is 0 Å². The van der Waals surface area contributed by atoms with Gasteiger partial charge in [0, 0.05) is 24.2 Å². The molecule has 3 aliphatic rings. The molecule has 86 valence electrons. The van der Waals surface area contributed by atoms with Crippen molar-refractivity contribution in [3.05, 3.63) is 29.8 Å². The molecule has 0 unspecified atom stereocenters. The number of anilines is 1. The highest BCUT2D eigenvalue weighted by Gasteiger charge is 2.46. The molecule has 0 saturated carbocycles. The first-order valence-corrected chi connectivity index (χ1v) is 5.52. The fourth-order valence-corrected chi connectivity index (χ4v) is 2.04. The van der Waals surface area contributed by atoms with E-state index in [0.29, 0.717) is 25.7 Å². The highest BCUT2D eigenvalue weighted by atomic mass is 16.9. The quantitative estimate of drug-likeness (QED) is 0.822. The van der Waals surface area contributed by atoms with E-state index in [1.54, 1.807) is 0 Å². The van der Waals surface area contributed by atoms with Crippen LogP contribution in [0.4, 0.5) is 5.69 Å². The van der Waals surface area contributed by atoms with Gasteiger partial charge in [0.15, 0.2) is 0 Å². The standard InChI is InChI=1S/C12H15NO3/c1-13-11-4-2-10(3-5-11)12-14-6-9(7-15-12)8-16-12/h2-5,9,13H,6-8H2,1H3. The lowest BCUT2D eigenvalue weighted by Gasteiger charge is -2.45. The summed E-state index contributed by atoms with van der Waals surface area (Å²) in [5.41, 5.74) is 1.98. The molecule has 0 atom stereocenters. The van der Waals surface area contributed by atoms with Crippen molar-refractivity contribution in [2.75, 3.05) is 32.2 Å². The molecule has 2 bridgehead atoms. The average molecular weight is 221 g/mol. The number of hydrogen-bond acceptors (Lipinski definition) is 4. The first-order valence-electron chi connectivity index (χ1n) is 5.52. The predicted octanol–water partition coefficient (Wildman–Crippen LogP) is 1.53. The monoisotopic (exact) mass is 221 g/mol. The molecular weight excluding hydrogens is 206 g/mol. The molecule has 3 heterocycles.